The molecule has 1 aromatic carbocycles. The maximum Gasteiger partial charge on any atom is 0.322 e. The van der Waals surface area contributed by atoms with Gasteiger partial charge in [0, 0.05) is 31.4 Å². The third-order valence-electron chi connectivity index (χ3n) is 5.84. The van der Waals surface area contributed by atoms with E-state index in [4.69, 9.17) is 1.37 Å². The summed E-state index contributed by atoms with van der Waals surface area (Å²) in [7, 11) is 0. The minimum atomic E-state index is -0.537. The zero-order valence-corrected chi connectivity index (χ0v) is 16.6. The molecular weight excluding hydrogens is 406 g/mol. The molecule has 0 unspecified atom stereocenters. The molecule has 8 nitrogen and oxygen atoms in total. The van der Waals surface area contributed by atoms with Crippen LogP contribution in [-0.4, -0.2) is 56.4 Å². The van der Waals surface area contributed by atoms with Crippen LogP contribution in [0, 0.1) is 11.6 Å². The fraction of sp³-hybridized carbons (Fsp3) is 0.381. The van der Waals surface area contributed by atoms with Gasteiger partial charge in [0.2, 0.25) is 0 Å². The number of carbonyl (C=O) groups excluding carboxylic acids is 1. The molecule has 2 aromatic heterocycles. The van der Waals surface area contributed by atoms with Crippen LogP contribution < -0.4 is 10.2 Å². The molecule has 5 rings (SSSR count). The number of aliphatic hydroxyl groups is 1. The van der Waals surface area contributed by atoms with Gasteiger partial charge in [0.1, 0.15) is 23.1 Å². The third kappa shape index (κ3) is 3.67. The van der Waals surface area contributed by atoms with Crippen LogP contribution in [0.15, 0.2) is 36.6 Å². The molecule has 2 aliphatic heterocycles. The predicted molar refractivity (Wildman–Crippen MR) is 110 cm³/mol. The summed E-state index contributed by atoms with van der Waals surface area (Å²) in [4.78, 5) is 20.5. The van der Waals surface area contributed by atoms with Crippen LogP contribution in [0.2, 0.25) is 0 Å². The van der Waals surface area contributed by atoms with Gasteiger partial charge in [-0.25, -0.2) is 23.1 Å². The van der Waals surface area contributed by atoms with Crippen molar-refractivity contribution in [1.29, 1.82) is 0 Å². The first-order valence-electron chi connectivity index (χ1n) is 10.7. The Morgan fingerprint density at radius 1 is 1.26 bits per heavy atom. The number of urea groups is 1. The van der Waals surface area contributed by atoms with Crippen molar-refractivity contribution in [2.45, 2.75) is 31.4 Å². The second-order valence-corrected chi connectivity index (χ2v) is 7.87. The first-order chi connectivity index (χ1) is 15.4. The highest BCUT2D eigenvalue weighted by molar-refractivity contribution is 5.93. The minimum Gasteiger partial charge on any atom is -0.391 e. The molecule has 31 heavy (non-hydrogen) atoms. The van der Waals surface area contributed by atoms with Gasteiger partial charge in [-0.15, -0.1) is 0 Å². The number of benzene rings is 1. The number of rotatable bonds is 3. The molecule has 3 aromatic rings. The number of carbonyl (C=O) groups is 1. The van der Waals surface area contributed by atoms with Gasteiger partial charge in [0.25, 0.3) is 0 Å². The molecule has 0 bridgehead atoms. The number of hydrogen-bond acceptors (Lipinski definition) is 5. The van der Waals surface area contributed by atoms with Gasteiger partial charge in [-0.2, -0.15) is 5.10 Å². The Hall–Kier alpha value is -3.27. The van der Waals surface area contributed by atoms with Gasteiger partial charge in [-0.1, -0.05) is 0 Å². The van der Waals surface area contributed by atoms with Gasteiger partial charge in [-0.3, -0.25) is 0 Å². The Morgan fingerprint density at radius 2 is 2.13 bits per heavy atom. The van der Waals surface area contributed by atoms with Gasteiger partial charge in [-0.05, 0) is 43.5 Å². The van der Waals surface area contributed by atoms with E-state index in [0.717, 1.165) is 18.6 Å². The molecule has 0 saturated carbocycles. The van der Waals surface area contributed by atoms with Crippen molar-refractivity contribution in [1.82, 2.24) is 19.5 Å². The van der Waals surface area contributed by atoms with Crippen molar-refractivity contribution in [2.75, 3.05) is 29.9 Å². The number of aromatic nitrogens is 3. The van der Waals surface area contributed by atoms with Gasteiger partial charge in [0.15, 0.2) is 5.65 Å². The molecule has 2 amide bonds. The van der Waals surface area contributed by atoms with Gasteiger partial charge >= 0.3 is 6.03 Å². The number of anilines is 2. The number of nitrogens with one attached hydrogen (secondary N) is 1. The Labute approximate surface area is 178 Å². The molecule has 2 fully saturated rings. The van der Waals surface area contributed by atoms with E-state index in [9.17, 15) is 18.7 Å². The standard InChI is InChI=1S/C21H22F2N6O2/c22-13-3-4-16(23)15(10-13)18-2-1-7-28(18)19-6-9-29-20(26-19)17(11-24-29)25-21(31)27-8-5-14(30)12-27/h3-4,6,9-11,14,18,30H,1-2,5,7-8,12H2,(H,25,31)/t14-,18+/m0/s1/i9D. The van der Waals surface area contributed by atoms with Crippen LogP contribution in [0.1, 0.15) is 32.2 Å². The second-order valence-electron chi connectivity index (χ2n) is 7.87. The van der Waals surface area contributed by atoms with Gasteiger partial charge < -0.3 is 20.2 Å². The monoisotopic (exact) mass is 429 g/mol. The lowest BCUT2D eigenvalue weighted by Gasteiger charge is -2.26. The Bertz CT molecular complexity index is 1190. The lowest BCUT2D eigenvalue weighted by Crippen LogP contribution is -2.33. The normalized spacial score (nSPS) is 21.7. The summed E-state index contributed by atoms with van der Waals surface area (Å²) in [5, 5.41) is 16.6. The highest BCUT2D eigenvalue weighted by Gasteiger charge is 2.30. The number of likely N-dealkylation sites (tertiary alicyclic amines) is 1. The summed E-state index contributed by atoms with van der Waals surface area (Å²) in [5.74, 6) is -0.563. The summed E-state index contributed by atoms with van der Waals surface area (Å²) < 4.78 is 37.9. The number of β-amino-alcohol motifs (C(OH)–C–C–N with tert-alkyl or cyclic N) is 1. The fourth-order valence-electron chi connectivity index (χ4n) is 4.29. The number of halogens is 2. The van der Waals surface area contributed by atoms with Crippen LogP contribution in [-0.2, 0) is 0 Å². The minimum absolute atomic E-state index is 0.0486. The smallest absolute Gasteiger partial charge is 0.322 e. The molecule has 4 heterocycles. The van der Waals surface area contributed by atoms with Crippen molar-refractivity contribution >= 4 is 23.2 Å². The van der Waals surface area contributed by atoms with E-state index >= 15 is 0 Å². The van der Waals surface area contributed by atoms with Crippen molar-refractivity contribution in [2.24, 2.45) is 0 Å². The first-order valence-corrected chi connectivity index (χ1v) is 10.2. The molecule has 2 atom stereocenters. The van der Waals surface area contributed by atoms with E-state index in [0.29, 0.717) is 37.4 Å². The fourth-order valence-corrected chi connectivity index (χ4v) is 4.29. The molecule has 162 valence electrons. The zero-order chi connectivity index (χ0) is 22.4. The summed E-state index contributed by atoms with van der Waals surface area (Å²) in [6.45, 7) is 1.27. The third-order valence-corrected chi connectivity index (χ3v) is 5.84. The molecule has 2 aliphatic rings. The Kier molecular flexibility index (Phi) is 4.63. The number of amides is 2. The molecule has 2 N–H and O–H groups in total. The average Bonchev–Trinajstić information content (AvgIpc) is 3.50. The van der Waals surface area contributed by atoms with E-state index < -0.39 is 23.8 Å². The Balaban J connectivity index is 1.47. The number of nitrogens with zero attached hydrogens (tertiary/aromatic N) is 5. The highest BCUT2D eigenvalue weighted by atomic mass is 19.1. The van der Waals surface area contributed by atoms with Crippen molar-refractivity contribution in [3.05, 3.63) is 53.8 Å². The summed E-state index contributed by atoms with van der Waals surface area (Å²) in [6.07, 6.45) is 2.84. The second kappa shape index (κ2) is 7.77. The van der Waals surface area contributed by atoms with E-state index in [1.54, 1.807) is 0 Å². The van der Waals surface area contributed by atoms with Crippen LogP contribution in [0.4, 0.5) is 25.1 Å². The average molecular weight is 429 g/mol. The van der Waals surface area contributed by atoms with Crippen LogP contribution in [0.3, 0.4) is 0 Å². The molecule has 0 spiro atoms. The van der Waals surface area contributed by atoms with E-state index in [2.05, 4.69) is 15.4 Å². The maximum absolute atomic E-state index is 14.4. The molecule has 0 radical (unpaired) electrons. The van der Waals surface area contributed by atoms with Crippen LogP contribution in [0.25, 0.3) is 5.65 Å². The van der Waals surface area contributed by atoms with Crippen molar-refractivity contribution < 1.29 is 20.1 Å². The first kappa shape index (κ1) is 18.5. The lowest BCUT2D eigenvalue weighted by molar-refractivity contribution is 0.176. The number of fused-ring (bicyclic) bond motifs is 1. The maximum atomic E-state index is 14.4. The molecule has 10 heteroatoms. The molecular formula is C21H22F2N6O2. The Morgan fingerprint density at radius 3 is 2.94 bits per heavy atom. The SMILES string of the molecule is [2H]c1cc(N2CCC[C@@H]2c2cc(F)ccc2F)nc2c(NC(=O)N3CC[C@H](O)C3)cnn12. The molecule has 2 saturated heterocycles. The topological polar surface area (TPSA) is 86.0 Å². The van der Waals surface area contributed by atoms with Crippen LogP contribution in [0.5, 0.6) is 0 Å². The van der Waals surface area contributed by atoms with Gasteiger partial charge in [0.05, 0.1) is 19.7 Å². The largest absolute Gasteiger partial charge is 0.391 e. The van der Waals surface area contributed by atoms with E-state index in [1.165, 1.54) is 27.7 Å². The zero-order valence-electron chi connectivity index (χ0n) is 17.6. The van der Waals surface area contributed by atoms with Crippen LogP contribution >= 0.6 is 0 Å². The summed E-state index contributed by atoms with van der Waals surface area (Å²) in [6, 6.07) is 4.15. The molecule has 0 aliphatic carbocycles. The highest BCUT2D eigenvalue weighted by Crippen LogP contribution is 2.37. The predicted octanol–water partition coefficient (Wildman–Crippen LogP) is 2.95. The van der Waals surface area contributed by atoms with E-state index in [1.807, 2.05) is 4.90 Å². The number of hydrogen-bond donors (Lipinski definition) is 2. The lowest BCUT2D eigenvalue weighted by atomic mass is 10.0. The summed E-state index contributed by atoms with van der Waals surface area (Å²) in [5.41, 5.74) is 0.871. The quantitative estimate of drug-likeness (QED) is 0.669. The van der Waals surface area contributed by atoms with Crippen molar-refractivity contribution in [3.8, 4) is 0 Å². The van der Waals surface area contributed by atoms with Crippen molar-refractivity contribution in [3.63, 3.8) is 0 Å². The summed E-state index contributed by atoms with van der Waals surface area (Å²) >= 11 is 0. The van der Waals surface area contributed by atoms with E-state index in [-0.39, 0.29) is 30.0 Å². The number of aliphatic hydroxyl groups excluding tert-OH is 1.